The van der Waals surface area contributed by atoms with E-state index < -0.39 is 11.9 Å². The van der Waals surface area contributed by atoms with Gasteiger partial charge in [0.15, 0.2) is 0 Å². The maximum Gasteiger partial charge on any atom is 0.240 e. The first-order chi connectivity index (χ1) is 12.0. The Hall–Kier alpha value is -1.88. The molecular weight excluding hydrogens is 314 g/mol. The van der Waals surface area contributed by atoms with Crippen LogP contribution < -0.4 is 11.5 Å². The quantitative estimate of drug-likeness (QED) is 0.856. The zero-order valence-corrected chi connectivity index (χ0v) is 14.6. The van der Waals surface area contributed by atoms with Crippen LogP contribution in [0.1, 0.15) is 43.2 Å². The molecule has 1 heterocycles. The minimum absolute atomic E-state index is 0.0118. The fourth-order valence-corrected chi connectivity index (χ4v) is 5.23. The maximum atomic E-state index is 13.3. The van der Waals surface area contributed by atoms with Crippen molar-refractivity contribution in [3.63, 3.8) is 0 Å². The number of nitrogens with zero attached hydrogens (tertiary/aromatic N) is 1. The van der Waals surface area contributed by atoms with Crippen LogP contribution in [0.25, 0.3) is 0 Å². The summed E-state index contributed by atoms with van der Waals surface area (Å²) in [5.41, 5.74) is 14.3. The number of rotatable bonds is 2. The van der Waals surface area contributed by atoms with E-state index in [1.54, 1.807) is 4.90 Å². The van der Waals surface area contributed by atoms with Gasteiger partial charge in [-0.3, -0.25) is 9.59 Å². The molecule has 5 nitrogen and oxygen atoms in total. The van der Waals surface area contributed by atoms with Crippen molar-refractivity contribution in [1.82, 2.24) is 4.90 Å². The molecule has 1 aliphatic heterocycles. The number of benzene rings is 1. The van der Waals surface area contributed by atoms with Crippen LogP contribution in [0, 0.1) is 17.8 Å². The van der Waals surface area contributed by atoms with Gasteiger partial charge in [-0.25, -0.2) is 0 Å². The van der Waals surface area contributed by atoms with Gasteiger partial charge in [-0.15, -0.1) is 0 Å². The summed E-state index contributed by atoms with van der Waals surface area (Å²) in [7, 11) is 0. The molecule has 3 aliphatic rings. The fourth-order valence-electron chi connectivity index (χ4n) is 5.23. The zero-order chi connectivity index (χ0) is 17.6. The molecule has 2 bridgehead atoms. The lowest BCUT2D eigenvalue weighted by Crippen LogP contribution is -2.55. The minimum Gasteiger partial charge on any atom is -0.368 e. The van der Waals surface area contributed by atoms with Gasteiger partial charge in [0.25, 0.3) is 0 Å². The van der Waals surface area contributed by atoms with Crippen LogP contribution in [0.15, 0.2) is 24.3 Å². The molecule has 25 heavy (non-hydrogen) atoms. The summed E-state index contributed by atoms with van der Waals surface area (Å²) >= 11 is 0. The summed E-state index contributed by atoms with van der Waals surface area (Å²) in [6.07, 6.45) is 5.73. The third kappa shape index (κ3) is 2.95. The lowest BCUT2D eigenvalue weighted by Gasteiger charge is -2.45. The lowest BCUT2D eigenvalue weighted by atomic mass is 9.64. The van der Waals surface area contributed by atoms with Crippen molar-refractivity contribution in [2.45, 2.75) is 57.2 Å². The van der Waals surface area contributed by atoms with Crippen molar-refractivity contribution in [2.75, 3.05) is 0 Å². The topological polar surface area (TPSA) is 89.4 Å². The number of hydrogen-bond acceptors (Lipinski definition) is 3. The first-order valence-electron chi connectivity index (χ1n) is 9.46. The number of carbonyl (C=O) groups excluding carboxylic acids is 2. The standard InChI is InChI=1S/C20H27N3O2/c21-18-13-6-3-7-14(18)9-16(8-13)20(25)23-11-15-5-2-1-4-12(15)10-17(23)19(22)24/h1-2,4-5,13-14,16-18H,3,6-11,21H2,(H2,22,24). The third-order valence-corrected chi connectivity index (χ3v) is 6.62. The van der Waals surface area contributed by atoms with E-state index in [9.17, 15) is 9.59 Å². The molecule has 1 aromatic carbocycles. The van der Waals surface area contributed by atoms with Gasteiger partial charge < -0.3 is 16.4 Å². The molecule has 2 aliphatic carbocycles. The van der Waals surface area contributed by atoms with E-state index in [4.69, 9.17) is 11.5 Å². The average molecular weight is 341 g/mol. The average Bonchev–Trinajstić information content (AvgIpc) is 2.59. The van der Waals surface area contributed by atoms with Gasteiger partial charge in [-0.1, -0.05) is 30.7 Å². The molecule has 0 saturated heterocycles. The fraction of sp³-hybridized carbons (Fsp3) is 0.600. The normalized spacial score (nSPS) is 34.3. The number of fused-ring (bicyclic) bond motifs is 3. The molecule has 1 aromatic rings. The summed E-state index contributed by atoms with van der Waals surface area (Å²) in [5.74, 6) is 0.580. The minimum atomic E-state index is -0.530. The van der Waals surface area contributed by atoms with Crippen LogP contribution in [-0.2, 0) is 22.6 Å². The van der Waals surface area contributed by atoms with E-state index in [2.05, 4.69) is 0 Å². The molecule has 2 amide bonds. The maximum absolute atomic E-state index is 13.3. The van der Waals surface area contributed by atoms with Crippen LogP contribution in [0.2, 0.25) is 0 Å². The second-order valence-electron chi connectivity index (χ2n) is 8.05. The van der Waals surface area contributed by atoms with Crippen molar-refractivity contribution >= 4 is 11.8 Å². The molecule has 0 aromatic heterocycles. The van der Waals surface area contributed by atoms with E-state index in [1.807, 2.05) is 24.3 Å². The van der Waals surface area contributed by atoms with Gasteiger partial charge in [-0.2, -0.15) is 0 Å². The molecule has 134 valence electrons. The molecule has 0 radical (unpaired) electrons. The Morgan fingerprint density at radius 2 is 1.68 bits per heavy atom. The highest BCUT2D eigenvalue weighted by Crippen LogP contribution is 2.43. The molecular formula is C20H27N3O2. The van der Waals surface area contributed by atoms with Crippen LogP contribution in [0.4, 0.5) is 0 Å². The largest absolute Gasteiger partial charge is 0.368 e. The van der Waals surface area contributed by atoms with E-state index in [0.29, 0.717) is 24.8 Å². The summed E-state index contributed by atoms with van der Waals surface area (Å²) in [4.78, 5) is 27.0. The summed E-state index contributed by atoms with van der Waals surface area (Å²) in [6.45, 7) is 0.487. The van der Waals surface area contributed by atoms with Crippen LogP contribution in [-0.4, -0.2) is 28.8 Å². The highest BCUT2D eigenvalue weighted by molar-refractivity contribution is 5.88. The first-order valence-corrected chi connectivity index (χ1v) is 9.46. The van der Waals surface area contributed by atoms with Crippen LogP contribution in [0.3, 0.4) is 0 Å². The van der Waals surface area contributed by atoms with Gasteiger partial charge >= 0.3 is 0 Å². The predicted octanol–water partition coefficient (Wildman–Crippen LogP) is 1.58. The van der Waals surface area contributed by atoms with Gasteiger partial charge in [0.05, 0.1) is 0 Å². The van der Waals surface area contributed by atoms with Crippen molar-refractivity contribution in [3.05, 3.63) is 35.4 Å². The Balaban J connectivity index is 1.57. The second kappa shape index (κ2) is 6.45. The van der Waals surface area contributed by atoms with Crippen molar-refractivity contribution < 1.29 is 9.59 Å². The summed E-state index contributed by atoms with van der Waals surface area (Å²) < 4.78 is 0. The Labute approximate surface area is 148 Å². The first kappa shape index (κ1) is 16.6. The van der Waals surface area contributed by atoms with E-state index in [1.165, 1.54) is 6.42 Å². The molecule has 2 saturated carbocycles. The SMILES string of the molecule is NC(=O)C1Cc2ccccc2CN1C(=O)C1CC2CCCC(C1)C2N. The van der Waals surface area contributed by atoms with E-state index in [0.717, 1.165) is 36.8 Å². The smallest absolute Gasteiger partial charge is 0.240 e. The van der Waals surface area contributed by atoms with Gasteiger partial charge in [-0.05, 0) is 48.6 Å². The number of nitrogens with two attached hydrogens (primary N) is 2. The van der Waals surface area contributed by atoms with Gasteiger partial charge in [0.2, 0.25) is 11.8 Å². The number of primary amides is 1. The van der Waals surface area contributed by atoms with Crippen LogP contribution in [0.5, 0.6) is 0 Å². The lowest BCUT2D eigenvalue weighted by molar-refractivity contribution is -0.146. The molecule has 5 heteroatoms. The van der Waals surface area contributed by atoms with Crippen LogP contribution >= 0.6 is 0 Å². The Morgan fingerprint density at radius 1 is 1.04 bits per heavy atom. The van der Waals surface area contributed by atoms with Crippen molar-refractivity contribution in [3.8, 4) is 0 Å². The molecule has 4 N–H and O–H groups in total. The van der Waals surface area contributed by atoms with E-state index >= 15 is 0 Å². The second-order valence-corrected chi connectivity index (χ2v) is 8.05. The molecule has 3 unspecified atom stereocenters. The summed E-state index contributed by atoms with van der Waals surface area (Å²) in [5, 5.41) is 0. The van der Waals surface area contributed by atoms with Crippen molar-refractivity contribution in [2.24, 2.45) is 29.2 Å². The zero-order valence-electron chi connectivity index (χ0n) is 14.6. The number of carbonyl (C=O) groups is 2. The van der Waals surface area contributed by atoms with Crippen molar-refractivity contribution in [1.29, 1.82) is 0 Å². The molecule has 4 rings (SSSR count). The predicted molar refractivity (Wildman–Crippen MR) is 95.2 cm³/mol. The molecule has 2 fully saturated rings. The monoisotopic (exact) mass is 341 g/mol. The summed E-state index contributed by atoms with van der Waals surface area (Å²) in [6, 6.07) is 7.73. The number of hydrogen-bond donors (Lipinski definition) is 2. The van der Waals surface area contributed by atoms with E-state index in [-0.39, 0.29) is 17.9 Å². The van der Waals surface area contributed by atoms with Gasteiger partial charge in [0.1, 0.15) is 6.04 Å². The highest BCUT2D eigenvalue weighted by atomic mass is 16.2. The Kier molecular flexibility index (Phi) is 4.28. The highest BCUT2D eigenvalue weighted by Gasteiger charge is 2.44. The molecule has 0 spiro atoms. The Bertz CT molecular complexity index is 675. The van der Waals surface area contributed by atoms with Gasteiger partial charge in [0, 0.05) is 24.9 Å². The number of amides is 2. The molecule has 3 atom stereocenters. The Morgan fingerprint density at radius 3 is 2.32 bits per heavy atom. The third-order valence-electron chi connectivity index (χ3n) is 6.62.